The third kappa shape index (κ3) is 2.38. The largest absolute Gasteiger partial charge is 0.478 e. The monoisotopic (exact) mass is 230 g/mol. The van der Waals surface area contributed by atoms with E-state index in [-0.39, 0.29) is 0 Å². The zero-order valence-electron chi connectivity index (χ0n) is 8.46. The molecule has 0 radical (unpaired) electrons. The SMILES string of the molecule is O=C(O)/C(=C/c1ccccc1)c1ccsc1. The first-order valence-corrected chi connectivity index (χ1v) is 5.74. The Balaban J connectivity index is 2.42. The lowest BCUT2D eigenvalue weighted by atomic mass is 10.1. The van der Waals surface area contributed by atoms with Crippen molar-refractivity contribution in [1.82, 2.24) is 0 Å². The van der Waals surface area contributed by atoms with E-state index in [9.17, 15) is 4.79 Å². The van der Waals surface area contributed by atoms with Gasteiger partial charge in [-0.1, -0.05) is 30.3 Å². The molecule has 80 valence electrons. The molecule has 1 aromatic carbocycles. The highest BCUT2D eigenvalue weighted by Gasteiger charge is 2.10. The molecule has 1 aromatic heterocycles. The number of aliphatic carboxylic acids is 1. The van der Waals surface area contributed by atoms with Crippen molar-refractivity contribution in [3.05, 3.63) is 58.3 Å². The molecule has 0 fully saturated rings. The summed E-state index contributed by atoms with van der Waals surface area (Å²) in [6, 6.07) is 11.3. The number of carboxylic acid groups (broad SMARTS) is 1. The van der Waals surface area contributed by atoms with Gasteiger partial charge in [0.2, 0.25) is 0 Å². The normalized spacial score (nSPS) is 11.4. The lowest BCUT2D eigenvalue weighted by Crippen LogP contribution is -1.98. The average Bonchev–Trinajstić information content (AvgIpc) is 2.80. The molecule has 0 aliphatic rings. The summed E-state index contributed by atoms with van der Waals surface area (Å²) in [5.74, 6) is -0.901. The average molecular weight is 230 g/mol. The molecule has 1 heterocycles. The minimum Gasteiger partial charge on any atom is -0.478 e. The van der Waals surface area contributed by atoms with Crippen LogP contribution >= 0.6 is 11.3 Å². The van der Waals surface area contributed by atoms with Crippen molar-refractivity contribution in [1.29, 1.82) is 0 Å². The Hall–Kier alpha value is -1.87. The fourth-order valence-corrected chi connectivity index (χ4v) is 2.06. The Morgan fingerprint density at radius 2 is 1.94 bits per heavy atom. The van der Waals surface area contributed by atoms with Crippen LogP contribution in [-0.4, -0.2) is 11.1 Å². The van der Waals surface area contributed by atoms with Crippen molar-refractivity contribution in [2.24, 2.45) is 0 Å². The minimum absolute atomic E-state index is 0.326. The van der Waals surface area contributed by atoms with E-state index in [1.807, 2.05) is 47.2 Å². The van der Waals surface area contributed by atoms with Gasteiger partial charge in [-0.2, -0.15) is 11.3 Å². The topological polar surface area (TPSA) is 37.3 Å². The maximum Gasteiger partial charge on any atom is 0.336 e. The Morgan fingerprint density at radius 3 is 2.50 bits per heavy atom. The predicted octanol–water partition coefficient (Wildman–Crippen LogP) is 3.37. The molecule has 0 aliphatic heterocycles. The van der Waals surface area contributed by atoms with Gasteiger partial charge in [-0.15, -0.1) is 0 Å². The van der Waals surface area contributed by atoms with Crippen LogP contribution in [0.25, 0.3) is 11.6 Å². The van der Waals surface area contributed by atoms with Gasteiger partial charge >= 0.3 is 5.97 Å². The van der Waals surface area contributed by atoms with E-state index in [1.165, 1.54) is 11.3 Å². The van der Waals surface area contributed by atoms with Crippen LogP contribution in [0.15, 0.2) is 47.2 Å². The van der Waals surface area contributed by atoms with Crippen LogP contribution in [0.5, 0.6) is 0 Å². The van der Waals surface area contributed by atoms with Crippen molar-refractivity contribution in [2.45, 2.75) is 0 Å². The van der Waals surface area contributed by atoms with Gasteiger partial charge in [0.25, 0.3) is 0 Å². The Labute approximate surface area is 97.5 Å². The Morgan fingerprint density at radius 1 is 1.19 bits per heavy atom. The highest BCUT2D eigenvalue weighted by molar-refractivity contribution is 7.08. The number of benzene rings is 1. The second kappa shape index (κ2) is 4.77. The molecule has 0 amide bonds. The van der Waals surface area contributed by atoms with E-state index < -0.39 is 5.97 Å². The molecule has 16 heavy (non-hydrogen) atoms. The Kier molecular flexibility index (Phi) is 3.17. The zero-order valence-corrected chi connectivity index (χ0v) is 9.28. The fraction of sp³-hybridized carbons (Fsp3) is 0. The molecule has 0 atom stereocenters. The van der Waals surface area contributed by atoms with Crippen LogP contribution in [-0.2, 0) is 4.79 Å². The molecule has 0 bridgehead atoms. The van der Waals surface area contributed by atoms with E-state index >= 15 is 0 Å². The standard InChI is InChI=1S/C13H10O2S/c14-13(15)12(11-6-7-16-9-11)8-10-4-2-1-3-5-10/h1-9H,(H,14,15)/b12-8+. The summed E-state index contributed by atoms with van der Waals surface area (Å²) >= 11 is 1.49. The number of thiophene rings is 1. The van der Waals surface area contributed by atoms with Crippen molar-refractivity contribution in [3.63, 3.8) is 0 Å². The molecular weight excluding hydrogens is 220 g/mol. The van der Waals surface area contributed by atoms with E-state index in [1.54, 1.807) is 6.08 Å². The van der Waals surface area contributed by atoms with Gasteiger partial charge in [-0.3, -0.25) is 0 Å². The maximum atomic E-state index is 11.1. The van der Waals surface area contributed by atoms with Gasteiger partial charge in [0.05, 0.1) is 5.57 Å². The molecule has 0 aliphatic carbocycles. The smallest absolute Gasteiger partial charge is 0.336 e. The van der Waals surface area contributed by atoms with E-state index in [4.69, 9.17) is 5.11 Å². The molecule has 2 rings (SSSR count). The molecule has 2 nitrogen and oxygen atoms in total. The lowest BCUT2D eigenvalue weighted by molar-refractivity contribution is -0.130. The molecule has 0 saturated carbocycles. The van der Waals surface area contributed by atoms with Crippen LogP contribution in [0.3, 0.4) is 0 Å². The second-order valence-corrected chi connectivity index (χ2v) is 4.07. The van der Waals surface area contributed by atoms with Crippen LogP contribution in [0.2, 0.25) is 0 Å². The predicted molar refractivity (Wildman–Crippen MR) is 66.3 cm³/mol. The van der Waals surface area contributed by atoms with Gasteiger partial charge < -0.3 is 5.11 Å². The maximum absolute atomic E-state index is 11.1. The quantitative estimate of drug-likeness (QED) is 0.821. The summed E-state index contributed by atoms with van der Waals surface area (Å²) in [6.07, 6.45) is 1.68. The van der Waals surface area contributed by atoms with E-state index in [0.717, 1.165) is 11.1 Å². The van der Waals surface area contributed by atoms with Crippen molar-refractivity contribution in [2.75, 3.05) is 0 Å². The van der Waals surface area contributed by atoms with Gasteiger partial charge in [0.1, 0.15) is 0 Å². The summed E-state index contributed by atoms with van der Waals surface area (Å²) < 4.78 is 0. The van der Waals surface area contributed by atoms with Gasteiger partial charge in [0, 0.05) is 0 Å². The van der Waals surface area contributed by atoms with Gasteiger partial charge in [-0.25, -0.2) is 4.79 Å². The minimum atomic E-state index is -0.901. The molecule has 0 spiro atoms. The third-order valence-electron chi connectivity index (χ3n) is 2.17. The van der Waals surface area contributed by atoms with E-state index in [2.05, 4.69) is 0 Å². The number of hydrogen-bond acceptors (Lipinski definition) is 2. The van der Waals surface area contributed by atoms with Crippen LogP contribution < -0.4 is 0 Å². The number of carboxylic acids is 1. The molecule has 2 aromatic rings. The van der Waals surface area contributed by atoms with Gasteiger partial charge in [0.15, 0.2) is 0 Å². The number of hydrogen-bond donors (Lipinski definition) is 1. The van der Waals surface area contributed by atoms with Crippen molar-refractivity contribution >= 4 is 29.0 Å². The molecule has 3 heteroatoms. The molecule has 1 N–H and O–H groups in total. The molecule has 0 unspecified atom stereocenters. The van der Waals surface area contributed by atoms with Crippen molar-refractivity contribution < 1.29 is 9.90 Å². The molecule has 0 saturated heterocycles. The second-order valence-electron chi connectivity index (χ2n) is 3.29. The highest BCUT2D eigenvalue weighted by atomic mass is 32.1. The lowest BCUT2D eigenvalue weighted by Gasteiger charge is -1.99. The first-order chi connectivity index (χ1) is 7.77. The summed E-state index contributed by atoms with van der Waals surface area (Å²) in [6.45, 7) is 0. The Bertz CT molecular complexity index is 498. The first kappa shape index (κ1) is 10.6. The van der Waals surface area contributed by atoms with Crippen molar-refractivity contribution in [3.8, 4) is 0 Å². The zero-order chi connectivity index (χ0) is 11.4. The summed E-state index contributed by atoms with van der Waals surface area (Å²) in [5, 5.41) is 12.9. The van der Waals surface area contributed by atoms with Crippen LogP contribution in [0.4, 0.5) is 0 Å². The first-order valence-electron chi connectivity index (χ1n) is 4.80. The highest BCUT2D eigenvalue weighted by Crippen LogP contribution is 2.20. The fourth-order valence-electron chi connectivity index (χ4n) is 1.40. The summed E-state index contributed by atoms with van der Waals surface area (Å²) in [4.78, 5) is 11.1. The van der Waals surface area contributed by atoms with Crippen LogP contribution in [0, 0.1) is 0 Å². The number of rotatable bonds is 3. The summed E-state index contributed by atoms with van der Waals surface area (Å²) in [7, 11) is 0. The van der Waals surface area contributed by atoms with Crippen LogP contribution in [0.1, 0.15) is 11.1 Å². The summed E-state index contributed by atoms with van der Waals surface area (Å²) in [5.41, 5.74) is 1.97. The van der Waals surface area contributed by atoms with Gasteiger partial charge in [-0.05, 0) is 34.0 Å². The number of carbonyl (C=O) groups is 1. The molecular formula is C13H10O2S. The van der Waals surface area contributed by atoms with E-state index in [0.29, 0.717) is 5.57 Å². The third-order valence-corrected chi connectivity index (χ3v) is 2.86.